The molecule has 1 aromatic carbocycles. The number of fused-ring (bicyclic) bond motifs is 1. The van der Waals surface area contributed by atoms with Crippen molar-refractivity contribution in [2.24, 2.45) is 0 Å². The molecule has 0 spiro atoms. The van der Waals surface area contributed by atoms with Gasteiger partial charge in [0.1, 0.15) is 13.0 Å². The quantitative estimate of drug-likeness (QED) is 0.504. The van der Waals surface area contributed by atoms with Gasteiger partial charge in [0.2, 0.25) is 0 Å². The van der Waals surface area contributed by atoms with E-state index in [0.717, 1.165) is 17.9 Å². The Hall–Kier alpha value is -0.590. The van der Waals surface area contributed by atoms with Crippen molar-refractivity contribution in [3.05, 3.63) is 30.3 Å². The first-order valence-electron chi connectivity index (χ1n) is 4.60. The van der Waals surface area contributed by atoms with Crippen LogP contribution in [0, 0.1) is 0 Å². The van der Waals surface area contributed by atoms with E-state index < -0.39 is 7.14 Å². The fourth-order valence-electron chi connectivity index (χ4n) is 2.11. The molecule has 3 rings (SSSR count). The molecule has 13 heavy (non-hydrogen) atoms. The van der Waals surface area contributed by atoms with E-state index in [2.05, 4.69) is 0 Å². The predicted molar refractivity (Wildman–Crippen MR) is 51.8 cm³/mol. The molecule has 0 radical (unpaired) electrons. The highest BCUT2D eigenvalue weighted by Crippen LogP contribution is 2.65. The number of benzene rings is 1. The summed E-state index contributed by atoms with van der Waals surface area (Å²) >= 11 is 0. The van der Waals surface area contributed by atoms with Gasteiger partial charge in [0.25, 0.3) is 0 Å². The number of epoxide rings is 1. The smallest absolute Gasteiger partial charge is 0.145 e. The van der Waals surface area contributed by atoms with Crippen LogP contribution in [-0.4, -0.2) is 18.1 Å². The standard InChI is InChI=1S/C10H11O2P/c11-13(7-6-9-10(13)12-9)8-4-2-1-3-5-8/h1-5,9-10H,6-7H2/t9-,10+,13-/m1/s1. The van der Waals surface area contributed by atoms with Crippen molar-refractivity contribution in [2.45, 2.75) is 18.4 Å². The second kappa shape index (κ2) is 2.46. The van der Waals surface area contributed by atoms with Gasteiger partial charge in [0, 0.05) is 11.5 Å². The molecule has 0 bridgehead atoms. The fraction of sp³-hybridized carbons (Fsp3) is 0.400. The number of rotatable bonds is 1. The van der Waals surface area contributed by atoms with Crippen LogP contribution in [0.25, 0.3) is 0 Å². The predicted octanol–water partition coefficient (Wildman–Crippen LogP) is 1.80. The maximum Gasteiger partial charge on any atom is 0.145 e. The van der Waals surface area contributed by atoms with Crippen LogP contribution in [0.2, 0.25) is 0 Å². The minimum absolute atomic E-state index is 0.0647. The van der Waals surface area contributed by atoms with Gasteiger partial charge in [-0.05, 0) is 6.42 Å². The molecular weight excluding hydrogens is 183 g/mol. The molecule has 1 aromatic rings. The third-order valence-electron chi connectivity index (χ3n) is 2.91. The van der Waals surface area contributed by atoms with Gasteiger partial charge in [0.05, 0.1) is 6.10 Å². The Kier molecular flexibility index (Phi) is 1.47. The van der Waals surface area contributed by atoms with E-state index in [1.54, 1.807) is 0 Å². The first-order valence-corrected chi connectivity index (χ1v) is 6.57. The van der Waals surface area contributed by atoms with Crippen LogP contribution < -0.4 is 5.30 Å². The normalized spacial score (nSPS) is 41.5. The van der Waals surface area contributed by atoms with Crippen molar-refractivity contribution >= 4 is 12.4 Å². The highest BCUT2D eigenvalue weighted by molar-refractivity contribution is 7.72. The van der Waals surface area contributed by atoms with E-state index in [4.69, 9.17) is 4.74 Å². The largest absolute Gasteiger partial charge is 0.361 e. The molecule has 0 saturated carbocycles. The van der Waals surface area contributed by atoms with Gasteiger partial charge in [-0.25, -0.2) is 0 Å². The minimum Gasteiger partial charge on any atom is -0.361 e. The van der Waals surface area contributed by atoms with Gasteiger partial charge in [-0.3, -0.25) is 0 Å². The molecule has 2 aliphatic rings. The minimum atomic E-state index is -2.16. The monoisotopic (exact) mass is 194 g/mol. The van der Waals surface area contributed by atoms with E-state index in [1.165, 1.54) is 0 Å². The van der Waals surface area contributed by atoms with E-state index in [-0.39, 0.29) is 5.85 Å². The summed E-state index contributed by atoms with van der Waals surface area (Å²) in [6.45, 7) is 0. The summed E-state index contributed by atoms with van der Waals surface area (Å²) in [6.07, 6.45) is 2.13. The molecule has 2 nitrogen and oxygen atoms in total. The zero-order chi connectivity index (χ0) is 8.89. The van der Waals surface area contributed by atoms with Crippen molar-refractivity contribution in [1.82, 2.24) is 0 Å². The number of hydrogen-bond donors (Lipinski definition) is 0. The summed E-state index contributed by atoms with van der Waals surface area (Å²) < 4.78 is 17.8. The molecule has 2 saturated heterocycles. The summed E-state index contributed by atoms with van der Waals surface area (Å²) in [5.41, 5.74) is 0. The van der Waals surface area contributed by atoms with Gasteiger partial charge in [-0.15, -0.1) is 0 Å². The molecule has 3 atom stereocenters. The lowest BCUT2D eigenvalue weighted by Crippen LogP contribution is -2.07. The van der Waals surface area contributed by atoms with Crippen LogP contribution in [-0.2, 0) is 9.30 Å². The second-order valence-corrected chi connectivity index (χ2v) is 6.77. The Morgan fingerprint density at radius 2 is 2.08 bits per heavy atom. The average molecular weight is 194 g/mol. The molecule has 2 aliphatic heterocycles. The van der Waals surface area contributed by atoms with E-state index in [9.17, 15) is 4.57 Å². The molecule has 0 aliphatic carbocycles. The lowest BCUT2D eigenvalue weighted by Gasteiger charge is -2.11. The van der Waals surface area contributed by atoms with Crippen LogP contribution >= 0.6 is 7.14 Å². The average Bonchev–Trinajstić information content (AvgIpc) is 2.90. The summed E-state index contributed by atoms with van der Waals surface area (Å²) in [5, 5.41) is 1.00. The van der Waals surface area contributed by atoms with Crippen molar-refractivity contribution in [3.63, 3.8) is 0 Å². The molecule has 2 fully saturated rings. The maximum absolute atomic E-state index is 12.5. The van der Waals surface area contributed by atoms with Gasteiger partial charge in [0.15, 0.2) is 0 Å². The van der Waals surface area contributed by atoms with Crippen LogP contribution in [0.5, 0.6) is 0 Å². The van der Waals surface area contributed by atoms with Crippen molar-refractivity contribution in [2.75, 3.05) is 6.16 Å². The van der Waals surface area contributed by atoms with Gasteiger partial charge < -0.3 is 9.30 Å². The Morgan fingerprint density at radius 3 is 2.62 bits per heavy atom. The lowest BCUT2D eigenvalue weighted by molar-refractivity contribution is 0.380. The third-order valence-corrected chi connectivity index (χ3v) is 6.28. The molecule has 0 unspecified atom stereocenters. The Bertz CT molecular complexity index is 374. The molecule has 68 valence electrons. The van der Waals surface area contributed by atoms with E-state index in [1.807, 2.05) is 30.3 Å². The number of ether oxygens (including phenoxy) is 1. The van der Waals surface area contributed by atoms with E-state index in [0.29, 0.717) is 6.10 Å². The summed E-state index contributed by atoms with van der Waals surface area (Å²) in [6, 6.07) is 9.78. The molecule has 0 N–H and O–H groups in total. The Labute approximate surface area is 77.3 Å². The van der Waals surface area contributed by atoms with Crippen molar-refractivity contribution in [1.29, 1.82) is 0 Å². The third kappa shape index (κ3) is 1.02. The van der Waals surface area contributed by atoms with Crippen LogP contribution in [0.1, 0.15) is 6.42 Å². The zero-order valence-corrected chi connectivity index (χ0v) is 8.11. The molecular formula is C10H11O2P. The van der Waals surface area contributed by atoms with Crippen LogP contribution in [0.15, 0.2) is 30.3 Å². The maximum atomic E-state index is 12.5. The van der Waals surface area contributed by atoms with Crippen LogP contribution in [0.3, 0.4) is 0 Å². The van der Waals surface area contributed by atoms with Gasteiger partial charge in [-0.1, -0.05) is 30.3 Å². The van der Waals surface area contributed by atoms with Crippen molar-refractivity contribution < 1.29 is 9.30 Å². The zero-order valence-electron chi connectivity index (χ0n) is 7.22. The first-order chi connectivity index (χ1) is 6.31. The Morgan fingerprint density at radius 1 is 1.31 bits per heavy atom. The topological polar surface area (TPSA) is 29.6 Å². The van der Waals surface area contributed by atoms with E-state index >= 15 is 0 Å². The number of hydrogen-bond acceptors (Lipinski definition) is 2. The molecule has 2 heterocycles. The van der Waals surface area contributed by atoms with Crippen LogP contribution in [0.4, 0.5) is 0 Å². The molecule has 3 heteroatoms. The fourth-order valence-corrected chi connectivity index (χ4v) is 5.27. The molecule has 0 amide bonds. The highest BCUT2D eigenvalue weighted by Gasteiger charge is 2.58. The van der Waals surface area contributed by atoms with Crippen molar-refractivity contribution in [3.8, 4) is 0 Å². The van der Waals surface area contributed by atoms with Gasteiger partial charge in [-0.2, -0.15) is 0 Å². The summed E-state index contributed by atoms with van der Waals surface area (Å²) in [5.74, 6) is 0.0647. The lowest BCUT2D eigenvalue weighted by atomic mass is 10.4. The highest BCUT2D eigenvalue weighted by atomic mass is 31.2. The summed E-state index contributed by atoms with van der Waals surface area (Å²) in [4.78, 5) is 0. The van der Waals surface area contributed by atoms with Gasteiger partial charge >= 0.3 is 0 Å². The first kappa shape index (κ1) is 7.78. The summed E-state index contributed by atoms with van der Waals surface area (Å²) in [7, 11) is -2.16. The molecule has 0 aromatic heterocycles. The Balaban J connectivity index is 2.05. The SMILES string of the molecule is O=[P@@]1(c2ccccc2)CC[C@H]2O[C@H]21. The second-order valence-electron chi connectivity index (χ2n) is 3.71.